The number of amidine groups is 2. The summed E-state index contributed by atoms with van der Waals surface area (Å²) >= 11 is 6.35. The highest BCUT2D eigenvalue weighted by molar-refractivity contribution is 6.32. The lowest BCUT2D eigenvalue weighted by Gasteiger charge is -2.19. The SMILES string of the molecule is C=C/C=C\CC1=CC[C@H](C(N)=NC(=N)/C(C)=C/C=C\C)C(Cl)=C1. The predicted molar refractivity (Wildman–Crippen MR) is 102 cm³/mol. The van der Waals surface area contributed by atoms with Crippen LogP contribution in [0.15, 0.2) is 76.4 Å². The Labute approximate surface area is 143 Å². The van der Waals surface area contributed by atoms with E-state index >= 15 is 0 Å². The minimum Gasteiger partial charge on any atom is -0.387 e. The minimum absolute atomic E-state index is 0.154. The summed E-state index contributed by atoms with van der Waals surface area (Å²) in [6.07, 6.45) is 16.8. The van der Waals surface area contributed by atoms with Crippen LogP contribution in [0.4, 0.5) is 0 Å². The Morgan fingerprint density at radius 3 is 2.87 bits per heavy atom. The smallest absolute Gasteiger partial charge is 0.149 e. The van der Waals surface area contributed by atoms with Crippen molar-refractivity contribution in [2.45, 2.75) is 26.7 Å². The number of nitrogens with two attached hydrogens (primary N) is 1. The van der Waals surface area contributed by atoms with Gasteiger partial charge in [0.2, 0.25) is 0 Å². The Hall–Kier alpha value is -2.13. The molecule has 0 heterocycles. The topological polar surface area (TPSA) is 62.2 Å². The number of hydrogen-bond donors (Lipinski definition) is 2. The van der Waals surface area contributed by atoms with Gasteiger partial charge >= 0.3 is 0 Å². The largest absolute Gasteiger partial charge is 0.387 e. The van der Waals surface area contributed by atoms with E-state index in [4.69, 9.17) is 22.7 Å². The van der Waals surface area contributed by atoms with Crippen molar-refractivity contribution >= 4 is 23.3 Å². The predicted octanol–water partition coefficient (Wildman–Crippen LogP) is 5.04. The molecule has 0 amide bonds. The van der Waals surface area contributed by atoms with Gasteiger partial charge in [-0.1, -0.05) is 60.7 Å². The first-order valence-electron chi connectivity index (χ1n) is 7.55. The number of halogens is 1. The molecule has 122 valence electrons. The van der Waals surface area contributed by atoms with Gasteiger partial charge in [-0.3, -0.25) is 5.41 Å². The molecule has 0 fully saturated rings. The number of nitrogens with zero attached hydrogens (tertiary/aromatic N) is 1. The first-order valence-corrected chi connectivity index (χ1v) is 7.93. The van der Waals surface area contributed by atoms with Gasteiger partial charge in [0.05, 0.1) is 5.92 Å². The summed E-state index contributed by atoms with van der Waals surface area (Å²) in [5.41, 5.74) is 7.96. The Morgan fingerprint density at radius 2 is 2.26 bits per heavy atom. The van der Waals surface area contributed by atoms with E-state index in [9.17, 15) is 0 Å². The number of rotatable bonds is 6. The first kappa shape index (κ1) is 18.9. The molecule has 0 aromatic heterocycles. The molecule has 0 spiro atoms. The van der Waals surface area contributed by atoms with Crippen LogP contribution in [0.5, 0.6) is 0 Å². The lowest BCUT2D eigenvalue weighted by Crippen LogP contribution is -2.26. The Bertz CT molecular complexity index is 631. The summed E-state index contributed by atoms with van der Waals surface area (Å²) in [5.74, 6) is 0.383. The second-order valence-corrected chi connectivity index (χ2v) is 5.66. The quantitative estimate of drug-likeness (QED) is 0.400. The van der Waals surface area contributed by atoms with Crippen LogP contribution >= 0.6 is 11.6 Å². The molecule has 0 bridgehead atoms. The third-order valence-corrected chi connectivity index (χ3v) is 3.78. The molecule has 3 nitrogen and oxygen atoms in total. The highest BCUT2D eigenvalue weighted by Gasteiger charge is 2.20. The maximum atomic E-state index is 7.97. The molecule has 0 aliphatic heterocycles. The molecule has 0 aromatic carbocycles. The van der Waals surface area contributed by atoms with E-state index in [1.165, 1.54) is 0 Å². The molecule has 3 N–H and O–H groups in total. The van der Waals surface area contributed by atoms with E-state index in [-0.39, 0.29) is 11.8 Å². The monoisotopic (exact) mass is 329 g/mol. The van der Waals surface area contributed by atoms with Crippen molar-refractivity contribution in [2.24, 2.45) is 16.6 Å². The van der Waals surface area contributed by atoms with Crippen molar-refractivity contribution in [3.05, 3.63) is 71.4 Å². The van der Waals surface area contributed by atoms with Crippen molar-refractivity contribution in [1.29, 1.82) is 5.41 Å². The summed E-state index contributed by atoms with van der Waals surface area (Å²) < 4.78 is 0. The Morgan fingerprint density at radius 1 is 1.52 bits per heavy atom. The molecule has 1 aliphatic rings. The fourth-order valence-corrected chi connectivity index (χ4v) is 2.38. The van der Waals surface area contributed by atoms with Crippen LogP contribution in [-0.2, 0) is 0 Å². The summed E-state index contributed by atoms with van der Waals surface area (Å²) in [6.45, 7) is 7.40. The van der Waals surface area contributed by atoms with Gasteiger partial charge in [-0.2, -0.15) is 0 Å². The van der Waals surface area contributed by atoms with Crippen molar-refractivity contribution in [3.8, 4) is 0 Å². The Balaban J connectivity index is 2.79. The standard InChI is InChI=1S/C19H24ClN3/c1-4-6-8-10-15-11-12-16(17(20)13-15)19(22)23-18(21)14(3)9-7-5-2/h4-9,11,13,16H,1,10,12H2,2-3H3,(H3,21,22,23)/b7-5-,8-6-,14-9+/t16-/m0/s1. The lowest BCUT2D eigenvalue weighted by molar-refractivity contribution is 0.829. The Kier molecular flexibility index (Phi) is 8.06. The van der Waals surface area contributed by atoms with E-state index < -0.39 is 0 Å². The molecular weight excluding hydrogens is 306 g/mol. The normalized spacial score (nSPS) is 19.9. The molecule has 1 rings (SSSR count). The van der Waals surface area contributed by atoms with Gasteiger partial charge in [-0.25, -0.2) is 4.99 Å². The van der Waals surface area contributed by atoms with Crippen LogP contribution < -0.4 is 5.73 Å². The maximum absolute atomic E-state index is 7.97. The summed E-state index contributed by atoms with van der Waals surface area (Å²) in [5, 5.41) is 8.64. The molecule has 0 unspecified atom stereocenters. The van der Waals surface area contributed by atoms with Gasteiger partial charge in [-0.05, 0) is 43.9 Å². The summed E-state index contributed by atoms with van der Waals surface area (Å²) in [4.78, 5) is 4.20. The third kappa shape index (κ3) is 6.25. The average Bonchev–Trinajstić information content (AvgIpc) is 2.52. The van der Waals surface area contributed by atoms with Crippen molar-refractivity contribution < 1.29 is 0 Å². The molecule has 0 saturated heterocycles. The molecule has 1 aliphatic carbocycles. The van der Waals surface area contributed by atoms with Gasteiger partial charge in [0.15, 0.2) is 0 Å². The minimum atomic E-state index is -0.154. The van der Waals surface area contributed by atoms with E-state index in [0.29, 0.717) is 17.3 Å². The highest BCUT2D eigenvalue weighted by atomic mass is 35.5. The molecule has 0 radical (unpaired) electrons. The summed E-state index contributed by atoms with van der Waals surface area (Å²) in [7, 11) is 0. The zero-order chi connectivity index (χ0) is 17.2. The fourth-order valence-electron chi connectivity index (χ4n) is 2.04. The van der Waals surface area contributed by atoms with Crippen molar-refractivity contribution in [3.63, 3.8) is 0 Å². The van der Waals surface area contributed by atoms with Crippen LogP contribution in [0, 0.1) is 11.3 Å². The lowest BCUT2D eigenvalue weighted by atomic mass is 9.94. The van der Waals surface area contributed by atoms with E-state index in [1.54, 1.807) is 6.08 Å². The molecule has 4 heteroatoms. The van der Waals surface area contributed by atoms with Crippen LogP contribution in [0.2, 0.25) is 0 Å². The molecule has 0 saturated carbocycles. The third-order valence-electron chi connectivity index (χ3n) is 3.41. The second kappa shape index (κ2) is 9.80. The van der Waals surface area contributed by atoms with Crippen LogP contribution in [0.1, 0.15) is 26.7 Å². The second-order valence-electron chi connectivity index (χ2n) is 5.23. The van der Waals surface area contributed by atoms with E-state index in [1.807, 2.05) is 50.3 Å². The molecule has 1 atom stereocenters. The number of aliphatic imine (C=N–C) groups is 1. The molecular formula is C19H24ClN3. The first-order chi connectivity index (χ1) is 11.0. The molecule has 0 aromatic rings. The number of allylic oxidation sites excluding steroid dienone is 9. The van der Waals surface area contributed by atoms with Crippen LogP contribution in [-0.4, -0.2) is 11.7 Å². The van der Waals surface area contributed by atoms with Crippen molar-refractivity contribution in [2.75, 3.05) is 0 Å². The van der Waals surface area contributed by atoms with Gasteiger partial charge in [0.1, 0.15) is 11.7 Å². The van der Waals surface area contributed by atoms with E-state index in [0.717, 1.165) is 17.6 Å². The number of nitrogens with one attached hydrogen (secondary N) is 1. The average molecular weight is 330 g/mol. The van der Waals surface area contributed by atoms with Gasteiger partial charge in [-0.15, -0.1) is 0 Å². The van der Waals surface area contributed by atoms with Gasteiger partial charge < -0.3 is 5.73 Å². The zero-order valence-corrected chi connectivity index (χ0v) is 14.5. The van der Waals surface area contributed by atoms with Gasteiger partial charge in [0, 0.05) is 5.03 Å². The van der Waals surface area contributed by atoms with Crippen LogP contribution in [0.25, 0.3) is 0 Å². The highest BCUT2D eigenvalue weighted by Crippen LogP contribution is 2.28. The maximum Gasteiger partial charge on any atom is 0.149 e. The summed E-state index contributed by atoms with van der Waals surface area (Å²) in [6, 6.07) is 0. The zero-order valence-electron chi connectivity index (χ0n) is 13.7. The van der Waals surface area contributed by atoms with Crippen LogP contribution in [0.3, 0.4) is 0 Å². The molecule has 23 heavy (non-hydrogen) atoms. The number of hydrogen-bond acceptors (Lipinski definition) is 1. The fraction of sp³-hybridized carbons (Fsp3) is 0.263. The van der Waals surface area contributed by atoms with E-state index in [2.05, 4.69) is 17.6 Å². The van der Waals surface area contributed by atoms with Crippen molar-refractivity contribution in [1.82, 2.24) is 0 Å². The van der Waals surface area contributed by atoms with Gasteiger partial charge in [0.25, 0.3) is 0 Å².